The first-order chi connectivity index (χ1) is 8.41. The van der Waals surface area contributed by atoms with Crippen LogP contribution in [0.3, 0.4) is 0 Å². The summed E-state index contributed by atoms with van der Waals surface area (Å²) in [5.41, 5.74) is 0. The van der Waals surface area contributed by atoms with E-state index < -0.39 is 26.6 Å². The highest BCUT2D eigenvalue weighted by Gasteiger charge is 2.27. The van der Waals surface area contributed by atoms with Crippen LogP contribution >= 0.6 is 0 Å². The van der Waals surface area contributed by atoms with E-state index in [1.807, 2.05) is 6.92 Å². The number of hydrogen-bond acceptors (Lipinski definition) is 2. The zero-order valence-corrected chi connectivity index (χ0v) is 11.3. The molecular weight excluding hydrogens is 260 g/mol. The van der Waals surface area contributed by atoms with Crippen LogP contribution in [-0.2, 0) is 10.0 Å². The summed E-state index contributed by atoms with van der Waals surface area (Å²) in [5, 5.41) is 0. The van der Waals surface area contributed by atoms with Crippen LogP contribution in [0.15, 0.2) is 23.1 Å². The predicted molar refractivity (Wildman–Crippen MR) is 65.7 cm³/mol. The highest BCUT2D eigenvalue weighted by Crippen LogP contribution is 2.21. The summed E-state index contributed by atoms with van der Waals surface area (Å²) in [6, 6.07) is 3.02. The second-order valence-corrected chi connectivity index (χ2v) is 6.07. The van der Waals surface area contributed by atoms with Gasteiger partial charge in [-0.2, -0.15) is 0 Å². The van der Waals surface area contributed by atoms with Crippen LogP contribution in [0.2, 0.25) is 0 Å². The molecule has 0 radical (unpaired) electrons. The molecule has 0 aliphatic carbocycles. The number of benzene rings is 1. The van der Waals surface area contributed by atoms with Crippen LogP contribution in [0.25, 0.3) is 0 Å². The summed E-state index contributed by atoms with van der Waals surface area (Å²) in [5.74, 6) is -2.12. The van der Waals surface area contributed by atoms with Crippen molar-refractivity contribution in [3.63, 3.8) is 0 Å². The average molecular weight is 277 g/mol. The lowest BCUT2D eigenvalue weighted by Gasteiger charge is -2.17. The van der Waals surface area contributed by atoms with E-state index in [9.17, 15) is 17.2 Å². The highest BCUT2D eigenvalue weighted by molar-refractivity contribution is 7.89. The molecule has 3 nitrogen and oxygen atoms in total. The topological polar surface area (TPSA) is 37.4 Å². The molecule has 0 unspecified atom stereocenters. The quantitative estimate of drug-likeness (QED) is 0.750. The minimum Gasteiger partial charge on any atom is -0.207 e. The Kier molecular flexibility index (Phi) is 5.22. The normalized spacial score (nSPS) is 12.1. The Morgan fingerprint density at radius 3 is 2.22 bits per heavy atom. The van der Waals surface area contributed by atoms with Crippen molar-refractivity contribution in [2.75, 3.05) is 13.6 Å². The Hall–Kier alpha value is -1.01. The van der Waals surface area contributed by atoms with Crippen molar-refractivity contribution in [2.24, 2.45) is 0 Å². The van der Waals surface area contributed by atoms with E-state index in [-0.39, 0.29) is 6.54 Å². The van der Waals surface area contributed by atoms with Crippen molar-refractivity contribution in [3.05, 3.63) is 29.8 Å². The fourth-order valence-electron chi connectivity index (χ4n) is 1.59. The van der Waals surface area contributed by atoms with E-state index in [1.165, 1.54) is 7.05 Å². The molecule has 0 aromatic heterocycles. The standard InChI is InChI=1S/C12H17F2NO2S/c1-3-4-5-9-15(2)18(16,17)12-10(13)7-6-8-11(12)14/h6-8H,3-5,9H2,1-2H3. The molecule has 1 rings (SSSR count). The van der Waals surface area contributed by atoms with Gasteiger partial charge in [-0.05, 0) is 18.6 Å². The summed E-state index contributed by atoms with van der Waals surface area (Å²) in [4.78, 5) is -0.871. The maximum Gasteiger partial charge on any atom is 0.248 e. The van der Waals surface area contributed by atoms with Crippen molar-refractivity contribution in [1.82, 2.24) is 4.31 Å². The molecule has 0 saturated heterocycles. The molecule has 6 heteroatoms. The zero-order chi connectivity index (χ0) is 13.8. The number of nitrogens with zero attached hydrogens (tertiary/aromatic N) is 1. The minimum absolute atomic E-state index is 0.254. The summed E-state index contributed by atoms with van der Waals surface area (Å²) >= 11 is 0. The first-order valence-corrected chi connectivity index (χ1v) is 7.25. The predicted octanol–water partition coefficient (Wildman–Crippen LogP) is 2.78. The lowest BCUT2D eigenvalue weighted by molar-refractivity contribution is 0.439. The first kappa shape index (κ1) is 15.0. The van der Waals surface area contributed by atoms with Crippen LogP contribution in [0.5, 0.6) is 0 Å². The minimum atomic E-state index is -4.10. The van der Waals surface area contributed by atoms with E-state index in [1.54, 1.807) is 0 Å². The van der Waals surface area contributed by atoms with Crippen LogP contribution in [0.1, 0.15) is 26.2 Å². The molecule has 0 heterocycles. The number of hydrogen-bond donors (Lipinski definition) is 0. The van der Waals surface area contributed by atoms with Gasteiger partial charge in [-0.3, -0.25) is 0 Å². The Morgan fingerprint density at radius 2 is 1.72 bits per heavy atom. The SMILES string of the molecule is CCCCCN(C)S(=O)(=O)c1c(F)cccc1F. The van der Waals surface area contributed by atoms with Gasteiger partial charge in [-0.1, -0.05) is 25.8 Å². The number of unbranched alkanes of at least 4 members (excludes halogenated alkanes) is 2. The Balaban J connectivity index is 2.99. The smallest absolute Gasteiger partial charge is 0.207 e. The maximum absolute atomic E-state index is 13.4. The lowest BCUT2D eigenvalue weighted by Crippen LogP contribution is -2.29. The van der Waals surface area contributed by atoms with E-state index in [0.717, 1.165) is 35.3 Å². The Bertz CT molecular complexity index is 483. The van der Waals surface area contributed by atoms with Gasteiger partial charge >= 0.3 is 0 Å². The number of halogens is 2. The molecule has 0 fully saturated rings. The third-order valence-corrected chi connectivity index (χ3v) is 4.57. The van der Waals surface area contributed by atoms with Gasteiger partial charge in [-0.25, -0.2) is 21.5 Å². The zero-order valence-electron chi connectivity index (χ0n) is 10.5. The third kappa shape index (κ3) is 3.26. The molecule has 0 N–H and O–H groups in total. The molecule has 102 valence electrons. The Labute approximate surface area is 106 Å². The second-order valence-electron chi connectivity index (χ2n) is 4.08. The molecule has 1 aromatic carbocycles. The van der Waals surface area contributed by atoms with Gasteiger partial charge < -0.3 is 0 Å². The lowest BCUT2D eigenvalue weighted by atomic mass is 10.2. The van der Waals surface area contributed by atoms with E-state index in [0.29, 0.717) is 6.42 Å². The summed E-state index contributed by atoms with van der Waals surface area (Å²) < 4.78 is 51.9. The van der Waals surface area contributed by atoms with Gasteiger partial charge in [0.2, 0.25) is 10.0 Å². The number of rotatable bonds is 6. The van der Waals surface area contributed by atoms with Gasteiger partial charge in [0.15, 0.2) is 4.90 Å². The van der Waals surface area contributed by atoms with Crippen LogP contribution in [0.4, 0.5) is 8.78 Å². The second kappa shape index (κ2) is 6.24. The van der Waals surface area contributed by atoms with Gasteiger partial charge in [-0.15, -0.1) is 0 Å². The molecule has 0 aliphatic rings. The van der Waals surface area contributed by atoms with Crippen LogP contribution < -0.4 is 0 Å². The maximum atomic E-state index is 13.4. The van der Waals surface area contributed by atoms with Crippen LogP contribution in [-0.4, -0.2) is 26.3 Å². The van der Waals surface area contributed by atoms with Crippen molar-refractivity contribution in [2.45, 2.75) is 31.1 Å². The van der Waals surface area contributed by atoms with Crippen molar-refractivity contribution < 1.29 is 17.2 Å². The highest BCUT2D eigenvalue weighted by atomic mass is 32.2. The molecular formula is C12H17F2NO2S. The molecule has 1 aromatic rings. The summed E-state index contributed by atoms with van der Waals surface area (Å²) in [7, 11) is -2.77. The third-order valence-electron chi connectivity index (χ3n) is 2.66. The summed E-state index contributed by atoms with van der Waals surface area (Å²) in [6.07, 6.45) is 2.49. The molecule has 0 bridgehead atoms. The monoisotopic (exact) mass is 277 g/mol. The molecule has 0 saturated carbocycles. The van der Waals surface area contributed by atoms with E-state index >= 15 is 0 Å². The van der Waals surface area contributed by atoms with Gasteiger partial charge in [0, 0.05) is 13.6 Å². The largest absolute Gasteiger partial charge is 0.248 e. The molecule has 0 spiro atoms. The number of sulfonamides is 1. The van der Waals surface area contributed by atoms with Gasteiger partial charge in [0.1, 0.15) is 11.6 Å². The van der Waals surface area contributed by atoms with Crippen molar-refractivity contribution in [1.29, 1.82) is 0 Å². The van der Waals surface area contributed by atoms with Gasteiger partial charge in [0.05, 0.1) is 0 Å². The fraction of sp³-hybridized carbons (Fsp3) is 0.500. The first-order valence-electron chi connectivity index (χ1n) is 5.81. The molecule has 0 atom stereocenters. The summed E-state index contributed by atoms with van der Waals surface area (Å²) in [6.45, 7) is 2.25. The van der Waals surface area contributed by atoms with Crippen molar-refractivity contribution >= 4 is 10.0 Å². The molecule has 0 amide bonds. The Morgan fingerprint density at radius 1 is 1.17 bits per heavy atom. The van der Waals surface area contributed by atoms with Crippen LogP contribution in [0, 0.1) is 11.6 Å². The molecule has 0 aliphatic heterocycles. The molecule has 18 heavy (non-hydrogen) atoms. The van der Waals surface area contributed by atoms with Gasteiger partial charge in [0.25, 0.3) is 0 Å². The van der Waals surface area contributed by atoms with Crippen molar-refractivity contribution in [3.8, 4) is 0 Å². The fourth-order valence-corrected chi connectivity index (χ4v) is 2.90. The van der Waals surface area contributed by atoms with E-state index in [4.69, 9.17) is 0 Å². The average Bonchev–Trinajstić information content (AvgIpc) is 2.28. The van der Waals surface area contributed by atoms with E-state index in [2.05, 4.69) is 0 Å².